The molecule has 0 saturated heterocycles. The summed E-state index contributed by atoms with van der Waals surface area (Å²) in [5, 5.41) is 14.4. The summed E-state index contributed by atoms with van der Waals surface area (Å²) in [5.41, 5.74) is 1.43. The summed E-state index contributed by atoms with van der Waals surface area (Å²) in [5.74, 6) is 0. The smallest absolute Gasteiger partial charge is 0.0672 e. The predicted molar refractivity (Wildman–Crippen MR) is 78.3 cm³/mol. The summed E-state index contributed by atoms with van der Waals surface area (Å²) in [6.07, 6.45) is 1.31. The van der Waals surface area contributed by atoms with Crippen molar-refractivity contribution in [2.75, 3.05) is 6.54 Å². The zero-order valence-corrected chi connectivity index (χ0v) is 12.5. The standard InChI is InChI=1S/C15H24ClNO/c1-11(2)17-8-7-15(4,18)10-13-6-5-12(3)9-14(13)16/h5-6,9,11,17-18H,7-8,10H2,1-4H3. The van der Waals surface area contributed by atoms with Gasteiger partial charge in [-0.15, -0.1) is 0 Å². The summed E-state index contributed by atoms with van der Waals surface area (Å²) in [6.45, 7) is 8.90. The number of hydrogen-bond donors (Lipinski definition) is 2. The number of rotatable bonds is 6. The first-order valence-corrected chi connectivity index (χ1v) is 6.89. The molecule has 3 heteroatoms. The molecule has 0 aliphatic carbocycles. The van der Waals surface area contributed by atoms with Gasteiger partial charge >= 0.3 is 0 Å². The third kappa shape index (κ3) is 5.38. The number of hydrogen-bond acceptors (Lipinski definition) is 2. The zero-order chi connectivity index (χ0) is 13.8. The van der Waals surface area contributed by atoms with E-state index in [9.17, 15) is 5.11 Å². The molecule has 1 atom stereocenters. The van der Waals surface area contributed by atoms with Gasteiger partial charge in [-0.1, -0.05) is 37.6 Å². The maximum absolute atomic E-state index is 10.4. The highest BCUT2D eigenvalue weighted by molar-refractivity contribution is 6.31. The first-order chi connectivity index (χ1) is 8.30. The lowest BCUT2D eigenvalue weighted by atomic mass is 9.92. The Morgan fingerprint density at radius 2 is 2.06 bits per heavy atom. The molecule has 1 unspecified atom stereocenters. The van der Waals surface area contributed by atoms with Crippen LogP contribution >= 0.6 is 11.6 Å². The molecule has 0 aliphatic rings. The molecule has 1 aromatic rings. The molecule has 0 heterocycles. The second-order valence-electron chi connectivity index (χ2n) is 5.63. The van der Waals surface area contributed by atoms with Crippen molar-refractivity contribution in [2.45, 2.75) is 52.2 Å². The summed E-state index contributed by atoms with van der Waals surface area (Å²) in [7, 11) is 0. The first kappa shape index (κ1) is 15.5. The Hall–Kier alpha value is -0.570. The minimum absolute atomic E-state index is 0.448. The quantitative estimate of drug-likeness (QED) is 0.830. The highest BCUT2D eigenvalue weighted by Gasteiger charge is 2.21. The number of halogens is 1. The molecule has 0 fully saturated rings. The number of aryl methyl sites for hydroxylation is 1. The largest absolute Gasteiger partial charge is 0.390 e. The number of nitrogens with one attached hydrogen (secondary N) is 1. The molecule has 2 N–H and O–H groups in total. The maximum atomic E-state index is 10.4. The van der Waals surface area contributed by atoms with E-state index in [1.807, 2.05) is 32.0 Å². The van der Waals surface area contributed by atoms with Crippen molar-refractivity contribution in [3.05, 3.63) is 34.3 Å². The van der Waals surface area contributed by atoms with Crippen molar-refractivity contribution in [1.29, 1.82) is 0 Å². The molecular weight excluding hydrogens is 246 g/mol. The lowest BCUT2D eigenvalue weighted by molar-refractivity contribution is 0.0511. The average Bonchev–Trinajstić information content (AvgIpc) is 2.21. The summed E-state index contributed by atoms with van der Waals surface area (Å²) in [4.78, 5) is 0. The van der Waals surface area contributed by atoms with Crippen LogP contribution in [0.25, 0.3) is 0 Å². The van der Waals surface area contributed by atoms with E-state index in [1.54, 1.807) is 0 Å². The Labute approximate surface area is 115 Å². The Balaban J connectivity index is 2.58. The van der Waals surface area contributed by atoms with E-state index in [2.05, 4.69) is 19.2 Å². The fraction of sp³-hybridized carbons (Fsp3) is 0.600. The molecule has 2 nitrogen and oxygen atoms in total. The van der Waals surface area contributed by atoms with Crippen LogP contribution in [0.15, 0.2) is 18.2 Å². The fourth-order valence-electron chi connectivity index (χ4n) is 1.92. The van der Waals surface area contributed by atoms with Crippen LogP contribution in [0.1, 0.15) is 38.3 Å². The van der Waals surface area contributed by atoms with Gasteiger partial charge < -0.3 is 10.4 Å². The van der Waals surface area contributed by atoms with Gasteiger partial charge in [0.1, 0.15) is 0 Å². The van der Waals surface area contributed by atoms with Crippen molar-refractivity contribution in [3.8, 4) is 0 Å². The Morgan fingerprint density at radius 1 is 1.39 bits per heavy atom. The summed E-state index contributed by atoms with van der Waals surface area (Å²) < 4.78 is 0. The summed E-state index contributed by atoms with van der Waals surface area (Å²) >= 11 is 6.19. The Morgan fingerprint density at radius 3 is 2.61 bits per heavy atom. The van der Waals surface area contributed by atoms with E-state index < -0.39 is 5.60 Å². The molecule has 0 aliphatic heterocycles. The van der Waals surface area contributed by atoms with Crippen LogP contribution in [0.5, 0.6) is 0 Å². The fourth-order valence-corrected chi connectivity index (χ4v) is 2.23. The third-order valence-corrected chi connectivity index (χ3v) is 3.35. The molecule has 0 aromatic heterocycles. The molecule has 1 rings (SSSR count). The highest BCUT2D eigenvalue weighted by atomic mass is 35.5. The molecule has 0 spiro atoms. The van der Waals surface area contributed by atoms with Gasteiger partial charge in [0.25, 0.3) is 0 Å². The van der Waals surface area contributed by atoms with E-state index in [0.29, 0.717) is 12.5 Å². The molecule has 0 saturated carbocycles. The average molecular weight is 270 g/mol. The van der Waals surface area contributed by atoms with Crippen molar-refractivity contribution in [2.24, 2.45) is 0 Å². The van der Waals surface area contributed by atoms with Crippen LogP contribution < -0.4 is 5.32 Å². The molecule has 0 amide bonds. The lowest BCUT2D eigenvalue weighted by Gasteiger charge is -2.24. The first-order valence-electron chi connectivity index (χ1n) is 6.51. The van der Waals surface area contributed by atoms with E-state index in [-0.39, 0.29) is 0 Å². The van der Waals surface area contributed by atoms with E-state index >= 15 is 0 Å². The van der Waals surface area contributed by atoms with Crippen molar-refractivity contribution >= 4 is 11.6 Å². The van der Waals surface area contributed by atoms with Crippen LogP contribution in [-0.4, -0.2) is 23.3 Å². The van der Waals surface area contributed by atoms with Gasteiger partial charge in [-0.2, -0.15) is 0 Å². The molecule has 0 bridgehead atoms. The van der Waals surface area contributed by atoms with Crippen LogP contribution in [0, 0.1) is 6.92 Å². The Bertz CT molecular complexity index is 388. The van der Waals surface area contributed by atoms with Crippen LogP contribution in [0.3, 0.4) is 0 Å². The SMILES string of the molecule is Cc1ccc(CC(C)(O)CCNC(C)C)c(Cl)c1. The second-order valence-corrected chi connectivity index (χ2v) is 6.03. The van der Waals surface area contributed by atoms with Gasteiger partial charge in [-0.3, -0.25) is 0 Å². The number of aliphatic hydroxyl groups is 1. The third-order valence-electron chi connectivity index (χ3n) is 3.00. The van der Waals surface area contributed by atoms with Gasteiger partial charge in [-0.25, -0.2) is 0 Å². The van der Waals surface area contributed by atoms with Gasteiger partial charge in [0, 0.05) is 17.5 Å². The van der Waals surface area contributed by atoms with Crippen LogP contribution in [0.2, 0.25) is 5.02 Å². The van der Waals surface area contributed by atoms with Gasteiger partial charge in [0.2, 0.25) is 0 Å². The molecule has 18 heavy (non-hydrogen) atoms. The summed E-state index contributed by atoms with van der Waals surface area (Å²) in [6, 6.07) is 6.43. The Kier molecular flexibility index (Phi) is 5.64. The number of benzene rings is 1. The zero-order valence-electron chi connectivity index (χ0n) is 11.8. The normalized spacial score (nSPS) is 14.8. The van der Waals surface area contributed by atoms with E-state index in [0.717, 1.165) is 29.1 Å². The van der Waals surface area contributed by atoms with Gasteiger partial charge in [-0.05, 0) is 44.0 Å². The van der Waals surface area contributed by atoms with Crippen molar-refractivity contribution in [3.63, 3.8) is 0 Å². The monoisotopic (exact) mass is 269 g/mol. The van der Waals surface area contributed by atoms with E-state index in [4.69, 9.17) is 11.6 Å². The minimum atomic E-state index is -0.721. The maximum Gasteiger partial charge on any atom is 0.0672 e. The van der Waals surface area contributed by atoms with Crippen LogP contribution in [0.4, 0.5) is 0 Å². The van der Waals surface area contributed by atoms with Gasteiger partial charge in [0.15, 0.2) is 0 Å². The van der Waals surface area contributed by atoms with E-state index in [1.165, 1.54) is 0 Å². The highest BCUT2D eigenvalue weighted by Crippen LogP contribution is 2.24. The van der Waals surface area contributed by atoms with Gasteiger partial charge in [0.05, 0.1) is 5.60 Å². The topological polar surface area (TPSA) is 32.3 Å². The molecule has 0 radical (unpaired) electrons. The van der Waals surface area contributed by atoms with Crippen molar-refractivity contribution in [1.82, 2.24) is 5.32 Å². The lowest BCUT2D eigenvalue weighted by Crippen LogP contribution is -2.34. The molecule has 102 valence electrons. The molecular formula is C15H24ClNO. The van der Waals surface area contributed by atoms with Crippen molar-refractivity contribution < 1.29 is 5.11 Å². The minimum Gasteiger partial charge on any atom is -0.390 e. The van der Waals surface area contributed by atoms with Crippen LogP contribution in [-0.2, 0) is 6.42 Å². The second kappa shape index (κ2) is 6.55. The predicted octanol–water partition coefficient (Wildman–Crippen LogP) is 3.33. The molecule has 1 aromatic carbocycles.